The smallest absolute Gasteiger partial charge is 0.216 e. The first-order valence-corrected chi connectivity index (χ1v) is 7.55. The van der Waals surface area contributed by atoms with Gasteiger partial charge in [-0.05, 0) is 55.9 Å². The van der Waals surface area contributed by atoms with Crippen LogP contribution in [-0.2, 0) is 0 Å². The van der Waals surface area contributed by atoms with E-state index in [2.05, 4.69) is 15.3 Å². The fraction of sp³-hybridized carbons (Fsp3) is 0.118. The molecule has 0 saturated carbocycles. The van der Waals surface area contributed by atoms with Crippen LogP contribution in [0.3, 0.4) is 0 Å². The average Bonchev–Trinajstić information content (AvgIpc) is 3.15. The van der Waals surface area contributed by atoms with Crippen molar-refractivity contribution in [2.45, 2.75) is 13.8 Å². The number of allylic oxidation sites excluding steroid dienone is 1. The SMILES string of the molecule is CC(/C=N/n1c(-c2cccc(C)c2)n[nH]c1=S)=C\c1ccco1. The molecule has 0 spiro atoms. The second-order valence-corrected chi connectivity index (χ2v) is 5.57. The molecule has 2 heterocycles. The van der Waals surface area contributed by atoms with Gasteiger partial charge in [0.15, 0.2) is 5.82 Å². The zero-order valence-electron chi connectivity index (χ0n) is 12.9. The Labute approximate surface area is 139 Å². The lowest BCUT2D eigenvalue weighted by molar-refractivity contribution is 0.557. The van der Waals surface area contributed by atoms with Crippen molar-refractivity contribution in [3.63, 3.8) is 0 Å². The van der Waals surface area contributed by atoms with Crippen LogP contribution in [-0.4, -0.2) is 21.1 Å². The molecule has 3 aromatic rings. The van der Waals surface area contributed by atoms with E-state index in [4.69, 9.17) is 16.6 Å². The number of nitrogens with one attached hydrogen (secondary N) is 1. The molecule has 0 radical (unpaired) electrons. The molecule has 0 amide bonds. The first-order valence-electron chi connectivity index (χ1n) is 7.14. The molecular formula is C17H16N4OS. The van der Waals surface area contributed by atoms with Crippen molar-refractivity contribution in [2.75, 3.05) is 0 Å². The fourth-order valence-electron chi connectivity index (χ4n) is 2.15. The summed E-state index contributed by atoms with van der Waals surface area (Å²) < 4.78 is 7.35. The van der Waals surface area contributed by atoms with Crippen molar-refractivity contribution in [1.82, 2.24) is 14.9 Å². The Hall–Kier alpha value is -2.73. The fourth-order valence-corrected chi connectivity index (χ4v) is 2.33. The van der Waals surface area contributed by atoms with Crippen molar-refractivity contribution in [1.29, 1.82) is 0 Å². The van der Waals surface area contributed by atoms with E-state index < -0.39 is 0 Å². The monoisotopic (exact) mass is 324 g/mol. The topological polar surface area (TPSA) is 59.1 Å². The van der Waals surface area contributed by atoms with Gasteiger partial charge in [-0.2, -0.15) is 14.9 Å². The zero-order valence-corrected chi connectivity index (χ0v) is 13.7. The Morgan fingerprint density at radius 1 is 1.35 bits per heavy atom. The predicted octanol–water partition coefficient (Wildman–Crippen LogP) is 4.45. The number of aromatic amines is 1. The van der Waals surface area contributed by atoms with Crippen LogP contribution in [0.1, 0.15) is 18.2 Å². The van der Waals surface area contributed by atoms with Gasteiger partial charge < -0.3 is 4.42 Å². The van der Waals surface area contributed by atoms with Gasteiger partial charge in [0.1, 0.15) is 5.76 Å². The highest BCUT2D eigenvalue weighted by molar-refractivity contribution is 7.71. The van der Waals surface area contributed by atoms with Crippen LogP contribution in [0, 0.1) is 11.7 Å². The lowest BCUT2D eigenvalue weighted by atomic mass is 10.1. The number of rotatable bonds is 4. The summed E-state index contributed by atoms with van der Waals surface area (Å²) in [4.78, 5) is 0. The van der Waals surface area contributed by atoms with Crippen LogP contribution in [0.2, 0.25) is 0 Å². The van der Waals surface area contributed by atoms with Crippen LogP contribution in [0.4, 0.5) is 0 Å². The zero-order chi connectivity index (χ0) is 16.2. The summed E-state index contributed by atoms with van der Waals surface area (Å²) in [5.41, 5.74) is 3.06. The molecule has 0 atom stereocenters. The molecule has 3 rings (SSSR count). The summed E-state index contributed by atoms with van der Waals surface area (Å²) in [5, 5.41) is 11.5. The van der Waals surface area contributed by atoms with Crippen molar-refractivity contribution in [3.8, 4) is 11.4 Å². The predicted molar refractivity (Wildman–Crippen MR) is 93.8 cm³/mol. The third-order valence-corrected chi connectivity index (χ3v) is 3.48. The van der Waals surface area contributed by atoms with Crippen LogP contribution >= 0.6 is 12.2 Å². The number of furan rings is 1. The maximum absolute atomic E-state index is 5.29. The summed E-state index contributed by atoms with van der Waals surface area (Å²) in [6.45, 7) is 3.98. The Kier molecular flexibility index (Phi) is 4.34. The number of aromatic nitrogens is 3. The van der Waals surface area contributed by atoms with Crippen LogP contribution < -0.4 is 0 Å². The van der Waals surface area contributed by atoms with E-state index in [1.807, 2.05) is 56.3 Å². The van der Waals surface area contributed by atoms with Gasteiger partial charge in [0.2, 0.25) is 4.77 Å². The molecule has 0 aliphatic carbocycles. The van der Waals surface area contributed by atoms with E-state index in [1.165, 1.54) is 0 Å². The van der Waals surface area contributed by atoms with E-state index in [0.29, 0.717) is 10.6 Å². The van der Waals surface area contributed by atoms with E-state index in [1.54, 1.807) is 17.2 Å². The minimum absolute atomic E-state index is 0.448. The summed E-state index contributed by atoms with van der Waals surface area (Å²) in [6.07, 6.45) is 5.27. The Morgan fingerprint density at radius 2 is 2.22 bits per heavy atom. The van der Waals surface area contributed by atoms with Gasteiger partial charge in [0, 0.05) is 5.56 Å². The molecule has 116 valence electrons. The molecule has 23 heavy (non-hydrogen) atoms. The van der Waals surface area contributed by atoms with Gasteiger partial charge in [-0.1, -0.05) is 23.8 Å². The second-order valence-electron chi connectivity index (χ2n) is 5.18. The largest absolute Gasteiger partial charge is 0.465 e. The first-order chi connectivity index (χ1) is 11.1. The Bertz CT molecular complexity index is 916. The van der Waals surface area contributed by atoms with E-state index >= 15 is 0 Å². The quantitative estimate of drug-likeness (QED) is 0.570. The maximum atomic E-state index is 5.29. The second kappa shape index (κ2) is 6.58. The molecular weight excluding hydrogens is 308 g/mol. The Balaban J connectivity index is 1.93. The standard InChI is InChI=1S/C17H16N4OS/c1-12-5-3-6-14(9-12)16-19-20-17(23)21(16)18-11-13(2)10-15-7-4-8-22-15/h3-11H,1-2H3,(H,20,23)/b13-10+,18-11+. The highest BCUT2D eigenvalue weighted by atomic mass is 32.1. The number of benzene rings is 1. The maximum Gasteiger partial charge on any atom is 0.216 e. The number of H-pyrrole nitrogens is 1. The molecule has 0 bridgehead atoms. The Morgan fingerprint density at radius 3 is 2.96 bits per heavy atom. The summed E-state index contributed by atoms with van der Waals surface area (Å²) in [5.74, 6) is 1.46. The molecule has 0 aliphatic rings. The molecule has 0 fully saturated rings. The van der Waals surface area contributed by atoms with Crippen molar-refractivity contribution in [3.05, 3.63) is 64.3 Å². The van der Waals surface area contributed by atoms with Gasteiger partial charge in [-0.25, -0.2) is 5.10 Å². The van der Waals surface area contributed by atoms with Crippen LogP contribution in [0.25, 0.3) is 17.5 Å². The average molecular weight is 324 g/mol. The number of aryl methyl sites for hydroxylation is 1. The normalized spacial score (nSPS) is 12.2. The summed E-state index contributed by atoms with van der Waals surface area (Å²) >= 11 is 5.27. The summed E-state index contributed by atoms with van der Waals surface area (Å²) in [6, 6.07) is 11.8. The number of nitrogens with zero attached hydrogens (tertiary/aromatic N) is 3. The molecule has 0 saturated heterocycles. The minimum Gasteiger partial charge on any atom is -0.465 e. The number of hydrogen-bond donors (Lipinski definition) is 1. The van der Waals surface area contributed by atoms with E-state index in [9.17, 15) is 0 Å². The molecule has 6 heteroatoms. The van der Waals surface area contributed by atoms with Crippen LogP contribution in [0.5, 0.6) is 0 Å². The first kappa shape index (κ1) is 15.2. The molecule has 2 aromatic heterocycles. The molecule has 0 unspecified atom stereocenters. The lowest BCUT2D eigenvalue weighted by Crippen LogP contribution is -1.95. The van der Waals surface area contributed by atoms with Gasteiger partial charge in [-0.15, -0.1) is 0 Å². The van der Waals surface area contributed by atoms with Crippen molar-refractivity contribution in [2.24, 2.45) is 5.10 Å². The van der Waals surface area contributed by atoms with Crippen molar-refractivity contribution < 1.29 is 4.42 Å². The minimum atomic E-state index is 0.448. The van der Waals surface area contributed by atoms with Gasteiger partial charge in [0.25, 0.3) is 0 Å². The van der Waals surface area contributed by atoms with Crippen molar-refractivity contribution >= 4 is 24.5 Å². The number of hydrogen-bond acceptors (Lipinski definition) is 4. The molecule has 1 N–H and O–H groups in total. The van der Waals surface area contributed by atoms with E-state index in [-0.39, 0.29) is 0 Å². The molecule has 1 aromatic carbocycles. The lowest BCUT2D eigenvalue weighted by Gasteiger charge is -2.02. The molecule has 0 aliphatic heterocycles. The highest BCUT2D eigenvalue weighted by Gasteiger charge is 2.07. The summed E-state index contributed by atoms with van der Waals surface area (Å²) in [7, 11) is 0. The molecule has 5 nitrogen and oxygen atoms in total. The van der Waals surface area contributed by atoms with Gasteiger partial charge >= 0.3 is 0 Å². The van der Waals surface area contributed by atoms with Crippen LogP contribution in [0.15, 0.2) is 57.8 Å². The van der Waals surface area contributed by atoms with Gasteiger partial charge in [-0.3, -0.25) is 0 Å². The third-order valence-electron chi connectivity index (χ3n) is 3.22. The highest BCUT2D eigenvalue weighted by Crippen LogP contribution is 2.18. The third kappa shape index (κ3) is 3.54. The van der Waals surface area contributed by atoms with Gasteiger partial charge in [0.05, 0.1) is 12.5 Å². The van der Waals surface area contributed by atoms with E-state index in [0.717, 1.165) is 22.5 Å².